The van der Waals surface area contributed by atoms with Gasteiger partial charge >= 0.3 is 0 Å². The first-order chi connectivity index (χ1) is 13.1. The van der Waals surface area contributed by atoms with Gasteiger partial charge in [0.15, 0.2) is 0 Å². The monoisotopic (exact) mass is 407 g/mol. The van der Waals surface area contributed by atoms with Crippen molar-refractivity contribution in [2.24, 2.45) is 0 Å². The maximum Gasteiger partial charge on any atom is 0.261 e. The summed E-state index contributed by atoms with van der Waals surface area (Å²) >= 11 is 0. The highest BCUT2D eigenvalue weighted by atomic mass is 32.2. The first-order valence-electron chi connectivity index (χ1n) is 8.77. The third kappa shape index (κ3) is 4.12. The molecule has 0 saturated heterocycles. The Kier molecular flexibility index (Phi) is 5.08. The number of benzene rings is 2. The van der Waals surface area contributed by atoms with Crippen molar-refractivity contribution in [1.82, 2.24) is 4.98 Å². The molecule has 0 unspecified atom stereocenters. The Hall–Kier alpha value is -3.00. The molecule has 5 nitrogen and oxygen atoms in total. The summed E-state index contributed by atoms with van der Waals surface area (Å²) in [6, 6.07) is 12.2. The fourth-order valence-electron chi connectivity index (χ4n) is 2.77. The average Bonchev–Trinajstić information content (AvgIpc) is 3.07. The number of aromatic nitrogens is 1. The molecule has 0 aliphatic heterocycles. The highest BCUT2D eigenvalue weighted by Crippen LogP contribution is 2.30. The molecule has 0 fully saturated rings. The first-order valence-corrected chi connectivity index (χ1v) is 13.8. The summed E-state index contributed by atoms with van der Waals surface area (Å²) in [6.45, 7) is 8.35. The van der Waals surface area contributed by atoms with E-state index in [1.807, 2.05) is 6.92 Å². The van der Waals surface area contributed by atoms with Crippen molar-refractivity contribution in [1.29, 1.82) is 5.26 Å². The molecule has 2 N–H and O–H groups in total. The molecule has 0 radical (unpaired) electrons. The van der Waals surface area contributed by atoms with Crippen molar-refractivity contribution >= 4 is 34.7 Å². The highest BCUT2D eigenvalue weighted by molar-refractivity contribution is 7.92. The number of rotatable bonds is 3. The number of hydrogen-bond acceptors (Lipinski definition) is 3. The maximum absolute atomic E-state index is 12.8. The second-order valence-corrected chi connectivity index (χ2v) is 14.1. The standard InChI is InChI=1S/C21H21N3O2SSi/c1-15-5-10-19(21-20(15)17(13-22)14-23-21)24-27(25,26)18-8-6-16(7-9-18)11-12-28(2,3)4/h5-10,14,23-24H,1-4H3. The lowest BCUT2D eigenvalue weighted by molar-refractivity contribution is 0.601. The van der Waals surface area contributed by atoms with E-state index in [0.717, 1.165) is 16.5 Å². The topological polar surface area (TPSA) is 85.8 Å². The Morgan fingerprint density at radius 1 is 1.07 bits per heavy atom. The van der Waals surface area contributed by atoms with Crippen LogP contribution in [-0.2, 0) is 10.0 Å². The molecule has 3 rings (SSSR count). The number of aryl methyl sites for hydroxylation is 1. The van der Waals surface area contributed by atoms with E-state index in [0.29, 0.717) is 16.8 Å². The van der Waals surface area contributed by atoms with Crippen molar-refractivity contribution in [3.05, 3.63) is 59.3 Å². The lowest BCUT2D eigenvalue weighted by Gasteiger charge is -2.10. The van der Waals surface area contributed by atoms with Gasteiger partial charge in [-0.1, -0.05) is 31.6 Å². The number of nitriles is 1. The van der Waals surface area contributed by atoms with Crippen LogP contribution in [0, 0.1) is 29.7 Å². The van der Waals surface area contributed by atoms with Gasteiger partial charge in [-0.3, -0.25) is 4.72 Å². The zero-order valence-corrected chi connectivity index (χ0v) is 18.0. The van der Waals surface area contributed by atoms with Gasteiger partial charge in [-0.2, -0.15) is 5.26 Å². The lowest BCUT2D eigenvalue weighted by atomic mass is 10.1. The van der Waals surface area contributed by atoms with Gasteiger partial charge in [-0.25, -0.2) is 8.42 Å². The number of anilines is 1. The molecule has 3 aromatic rings. The van der Waals surface area contributed by atoms with E-state index in [9.17, 15) is 13.7 Å². The summed E-state index contributed by atoms with van der Waals surface area (Å²) < 4.78 is 28.3. The molecular formula is C21H21N3O2SSi. The van der Waals surface area contributed by atoms with Gasteiger partial charge in [-0.05, 0) is 42.8 Å². The van der Waals surface area contributed by atoms with Crippen LogP contribution < -0.4 is 4.72 Å². The van der Waals surface area contributed by atoms with Crippen LogP contribution in [0.4, 0.5) is 5.69 Å². The van der Waals surface area contributed by atoms with E-state index in [2.05, 4.69) is 46.9 Å². The van der Waals surface area contributed by atoms with Crippen molar-refractivity contribution < 1.29 is 8.42 Å². The van der Waals surface area contributed by atoms with E-state index in [1.165, 1.54) is 0 Å². The molecule has 0 atom stereocenters. The summed E-state index contributed by atoms with van der Waals surface area (Å²) in [5.74, 6) is 3.11. The molecule has 0 aliphatic rings. The predicted octanol–water partition coefficient (Wildman–Crippen LogP) is 4.38. The predicted molar refractivity (Wildman–Crippen MR) is 115 cm³/mol. The number of nitrogens with zero attached hydrogens (tertiary/aromatic N) is 1. The summed E-state index contributed by atoms with van der Waals surface area (Å²) in [4.78, 5) is 3.16. The van der Waals surface area contributed by atoms with Crippen LogP contribution in [0.2, 0.25) is 19.6 Å². The van der Waals surface area contributed by atoms with Gasteiger partial charge in [0.1, 0.15) is 14.1 Å². The quantitative estimate of drug-likeness (QED) is 0.499. The number of hydrogen-bond donors (Lipinski definition) is 2. The Morgan fingerprint density at radius 3 is 2.36 bits per heavy atom. The van der Waals surface area contributed by atoms with Crippen molar-refractivity contribution in [2.75, 3.05) is 4.72 Å². The fraction of sp³-hybridized carbons (Fsp3) is 0.190. The highest BCUT2D eigenvalue weighted by Gasteiger charge is 2.18. The van der Waals surface area contributed by atoms with Gasteiger partial charge in [0.05, 0.1) is 21.7 Å². The number of nitrogens with one attached hydrogen (secondary N) is 2. The molecule has 1 aromatic heterocycles. The number of H-pyrrole nitrogens is 1. The van der Waals surface area contributed by atoms with Gasteiger partial charge in [0, 0.05) is 17.1 Å². The zero-order chi connectivity index (χ0) is 20.5. The molecule has 0 bridgehead atoms. The van der Waals surface area contributed by atoms with Gasteiger partial charge in [0.2, 0.25) is 0 Å². The second-order valence-electron chi connectivity index (χ2n) is 7.62. The van der Waals surface area contributed by atoms with Crippen LogP contribution in [0.15, 0.2) is 47.5 Å². The molecule has 0 spiro atoms. The SMILES string of the molecule is Cc1ccc(NS(=O)(=O)c2ccc(C#C[Si](C)(C)C)cc2)c2[nH]cc(C#N)c12. The summed E-state index contributed by atoms with van der Waals surface area (Å²) in [5, 5.41) is 9.98. The van der Waals surface area contributed by atoms with Gasteiger partial charge in [0.25, 0.3) is 10.0 Å². The Labute approximate surface area is 166 Å². The second kappa shape index (κ2) is 7.20. The molecule has 28 heavy (non-hydrogen) atoms. The summed E-state index contributed by atoms with van der Waals surface area (Å²) in [7, 11) is -5.26. The van der Waals surface area contributed by atoms with Crippen LogP contribution in [-0.4, -0.2) is 21.5 Å². The van der Waals surface area contributed by atoms with E-state index in [-0.39, 0.29) is 4.90 Å². The normalized spacial score (nSPS) is 11.5. The first kappa shape index (κ1) is 19.8. The molecular weight excluding hydrogens is 386 g/mol. The van der Waals surface area contributed by atoms with Crippen LogP contribution >= 0.6 is 0 Å². The van der Waals surface area contributed by atoms with Crippen LogP contribution in [0.5, 0.6) is 0 Å². The molecule has 0 amide bonds. The Morgan fingerprint density at radius 2 is 1.75 bits per heavy atom. The molecule has 0 saturated carbocycles. The lowest BCUT2D eigenvalue weighted by Crippen LogP contribution is -2.16. The van der Waals surface area contributed by atoms with Gasteiger partial charge in [-0.15, -0.1) is 5.54 Å². The van der Waals surface area contributed by atoms with E-state index in [4.69, 9.17) is 0 Å². The third-order valence-corrected chi connectivity index (χ3v) is 6.41. The van der Waals surface area contributed by atoms with Crippen molar-refractivity contribution in [2.45, 2.75) is 31.5 Å². The van der Waals surface area contributed by atoms with Crippen LogP contribution in [0.3, 0.4) is 0 Å². The molecule has 142 valence electrons. The van der Waals surface area contributed by atoms with E-state index in [1.54, 1.807) is 42.6 Å². The van der Waals surface area contributed by atoms with Crippen molar-refractivity contribution in [3.8, 4) is 17.5 Å². The van der Waals surface area contributed by atoms with Crippen LogP contribution in [0.1, 0.15) is 16.7 Å². The summed E-state index contributed by atoms with van der Waals surface area (Å²) in [5.41, 5.74) is 6.45. The molecule has 0 aliphatic carbocycles. The number of fused-ring (bicyclic) bond motifs is 1. The Balaban J connectivity index is 1.94. The minimum atomic E-state index is -3.77. The fourth-order valence-corrected chi connectivity index (χ4v) is 4.37. The van der Waals surface area contributed by atoms with Crippen molar-refractivity contribution in [3.63, 3.8) is 0 Å². The molecule has 7 heteroatoms. The molecule has 1 heterocycles. The van der Waals surface area contributed by atoms with E-state index < -0.39 is 18.1 Å². The summed E-state index contributed by atoms with van der Waals surface area (Å²) in [6.07, 6.45) is 1.58. The minimum Gasteiger partial charge on any atom is -0.358 e. The molecule has 2 aromatic carbocycles. The zero-order valence-electron chi connectivity index (χ0n) is 16.2. The van der Waals surface area contributed by atoms with Crippen LogP contribution in [0.25, 0.3) is 10.9 Å². The van der Waals surface area contributed by atoms with E-state index >= 15 is 0 Å². The van der Waals surface area contributed by atoms with Gasteiger partial charge < -0.3 is 4.98 Å². The third-order valence-electron chi connectivity index (χ3n) is 4.16. The number of sulfonamides is 1. The maximum atomic E-state index is 12.8. The minimum absolute atomic E-state index is 0.159. The number of aromatic amines is 1. The average molecular weight is 408 g/mol. The smallest absolute Gasteiger partial charge is 0.261 e. The largest absolute Gasteiger partial charge is 0.358 e. The Bertz CT molecular complexity index is 1250.